The average molecular weight is 334 g/mol. The number of halogens is 1. The van der Waals surface area contributed by atoms with Crippen LogP contribution in [0, 0.1) is 0 Å². The third-order valence-corrected chi connectivity index (χ3v) is 3.38. The van der Waals surface area contributed by atoms with Gasteiger partial charge in [-0.25, -0.2) is 4.98 Å². The molecule has 0 spiro atoms. The Bertz CT molecular complexity index is 601. The molecular weight excluding hydrogens is 318 g/mol. The van der Waals surface area contributed by atoms with E-state index in [4.69, 9.17) is 0 Å². The van der Waals surface area contributed by atoms with Gasteiger partial charge < -0.3 is 10.6 Å². The molecule has 2 N–H and O–H groups in total. The molecule has 0 fully saturated rings. The number of anilines is 1. The molecule has 1 aromatic carbocycles. The van der Waals surface area contributed by atoms with E-state index in [-0.39, 0.29) is 5.91 Å². The Balaban J connectivity index is 2.05. The van der Waals surface area contributed by atoms with Crippen molar-refractivity contribution in [3.8, 4) is 0 Å². The summed E-state index contributed by atoms with van der Waals surface area (Å²) in [6.45, 7) is 3.15. The van der Waals surface area contributed by atoms with Gasteiger partial charge in [0.25, 0.3) is 5.91 Å². The van der Waals surface area contributed by atoms with Crippen LogP contribution in [0.25, 0.3) is 0 Å². The van der Waals surface area contributed by atoms with E-state index in [0.29, 0.717) is 18.7 Å². The lowest BCUT2D eigenvalue weighted by molar-refractivity contribution is 0.0955. The third kappa shape index (κ3) is 3.81. The minimum absolute atomic E-state index is 0.0478. The quantitative estimate of drug-likeness (QED) is 0.883. The Labute approximate surface area is 126 Å². The predicted molar refractivity (Wildman–Crippen MR) is 83.7 cm³/mol. The Morgan fingerprint density at radius 2 is 2.15 bits per heavy atom. The fourth-order valence-corrected chi connectivity index (χ4v) is 2.18. The highest BCUT2D eigenvalue weighted by Crippen LogP contribution is 2.19. The molecule has 1 aromatic heterocycles. The van der Waals surface area contributed by atoms with Gasteiger partial charge >= 0.3 is 0 Å². The summed E-state index contributed by atoms with van der Waals surface area (Å²) in [5, 5.41) is 6.03. The zero-order chi connectivity index (χ0) is 14.4. The molecule has 1 amide bonds. The van der Waals surface area contributed by atoms with E-state index in [1.165, 1.54) is 0 Å². The van der Waals surface area contributed by atoms with Crippen molar-refractivity contribution in [3.05, 3.63) is 58.2 Å². The molecule has 0 saturated heterocycles. The molecule has 20 heavy (non-hydrogen) atoms. The maximum atomic E-state index is 11.8. The summed E-state index contributed by atoms with van der Waals surface area (Å²) in [5.41, 5.74) is 1.71. The Morgan fingerprint density at radius 1 is 1.30 bits per heavy atom. The van der Waals surface area contributed by atoms with E-state index in [0.717, 1.165) is 15.9 Å². The first-order chi connectivity index (χ1) is 9.70. The normalized spacial score (nSPS) is 10.1. The number of nitrogens with one attached hydrogen (secondary N) is 2. The lowest BCUT2D eigenvalue weighted by atomic mass is 10.1. The molecule has 0 unspecified atom stereocenters. The van der Waals surface area contributed by atoms with Crippen LogP contribution in [-0.2, 0) is 6.54 Å². The van der Waals surface area contributed by atoms with Gasteiger partial charge in [0.05, 0.1) is 4.47 Å². The Hall–Kier alpha value is -1.88. The van der Waals surface area contributed by atoms with E-state index < -0.39 is 0 Å². The van der Waals surface area contributed by atoms with Crippen molar-refractivity contribution in [2.45, 2.75) is 13.5 Å². The molecule has 0 aliphatic carbocycles. The second kappa shape index (κ2) is 7.05. The number of nitrogens with zero attached hydrogens (tertiary/aromatic N) is 1. The number of amides is 1. The summed E-state index contributed by atoms with van der Waals surface area (Å²) in [4.78, 5) is 16.0. The molecule has 4 nitrogen and oxygen atoms in total. The lowest BCUT2D eigenvalue weighted by Crippen LogP contribution is -2.22. The SMILES string of the molecule is CCNC(=O)c1cccc(CNc2ncccc2Br)c1. The van der Waals surface area contributed by atoms with Crippen molar-refractivity contribution < 1.29 is 4.79 Å². The van der Waals surface area contributed by atoms with Crippen LogP contribution in [0.2, 0.25) is 0 Å². The maximum Gasteiger partial charge on any atom is 0.251 e. The fraction of sp³-hybridized carbons (Fsp3) is 0.200. The van der Waals surface area contributed by atoms with E-state index >= 15 is 0 Å². The van der Waals surface area contributed by atoms with Gasteiger partial charge in [-0.1, -0.05) is 12.1 Å². The van der Waals surface area contributed by atoms with Gasteiger partial charge in [0, 0.05) is 24.8 Å². The minimum atomic E-state index is -0.0478. The van der Waals surface area contributed by atoms with Crippen LogP contribution in [0.15, 0.2) is 47.1 Å². The van der Waals surface area contributed by atoms with Crippen LogP contribution < -0.4 is 10.6 Å². The zero-order valence-corrected chi connectivity index (χ0v) is 12.8. The van der Waals surface area contributed by atoms with Gasteiger partial charge in [-0.05, 0) is 52.7 Å². The molecule has 0 saturated carbocycles. The molecule has 0 bridgehead atoms. The highest BCUT2D eigenvalue weighted by Gasteiger charge is 2.05. The highest BCUT2D eigenvalue weighted by atomic mass is 79.9. The summed E-state index contributed by atoms with van der Waals surface area (Å²) < 4.78 is 0.917. The second-order valence-corrected chi connectivity index (χ2v) is 5.10. The van der Waals surface area contributed by atoms with Gasteiger partial charge in [0.15, 0.2) is 0 Å². The van der Waals surface area contributed by atoms with E-state index in [1.54, 1.807) is 6.20 Å². The number of carbonyl (C=O) groups excluding carboxylic acids is 1. The van der Waals surface area contributed by atoms with Crippen molar-refractivity contribution >= 4 is 27.7 Å². The first-order valence-corrected chi connectivity index (χ1v) is 7.21. The minimum Gasteiger partial charge on any atom is -0.365 e. The van der Waals surface area contributed by atoms with Crippen LogP contribution in [0.1, 0.15) is 22.8 Å². The molecule has 2 aromatic rings. The first kappa shape index (κ1) is 14.5. The monoisotopic (exact) mass is 333 g/mol. The van der Waals surface area contributed by atoms with E-state index in [9.17, 15) is 4.79 Å². The van der Waals surface area contributed by atoms with Crippen molar-refractivity contribution in [2.24, 2.45) is 0 Å². The van der Waals surface area contributed by atoms with Crippen molar-refractivity contribution in [1.29, 1.82) is 0 Å². The predicted octanol–water partition coefficient (Wildman–Crippen LogP) is 3.21. The smallest absolute Gasteiger partial charge is 0.251 e. The van der Waals surface area contributed by atoms with Crippen LogP contribution >= 0.6 is 15.9 Å². The molecule has 104 valence electrons. The number of hydrogen-bond acceptors (Lipinski definition) is 3. The second-order valence-electron chi connectivity index (χ2n) is 4.25. The van der Waals surface area contributed by atoms with Gasteiger partial charge in [0.2, 0.25) is 0 Å². The summed E-state index contributed by atoms with van der Waals surface area (Å²) >= 11 is 3.44. The van der Waals surface area contributed by atoms with E-state index in [1.807, 2.05) is 43.3 Å². The summed E-state index contributed by atoms with van der Waals surface area (Å²) in [5.74, 6) is 0.740. The maximum absolute atomic E-state index is 11.8. The lowest BCUT2D eigenvalue weighted by Gasteiger charge is -2.08. The zero-order valence-electron chi connectivity index (χ0n) is 11.2. The topological polar surface area (TPSA) is 54.0 Å². The largest absolute Gasteiger partial charge is 0.365 e. The van der Waals surface area contributed by atoms with Gasteiger partial charge in [-0.2, -0.15) is 0 Å². The molecule has 2 rings (SSSR count). The van der Waals surface area contributed by atoms with Crippen LogP contribution in [0.4, 0.5) is 5.82 Å². The van der Waals surface area contributed by atoms with Crippen molar-refractivity contribution in [2.75, 3.05) is 11.9 Å². The van der Waals surface area contributed by atoms with Gasteiger partial charge in [0.1, 0.15) is 5.82 Å². The van der Waals surface area contributed by atoms with Crippen LogP contribution in [0.3, 0.4) is 0 Å². The summed E-state index contributed by atoms with van der Waals surface area (Å²) in [6.07, 6.45) is 1.73. The molecular formula is C15H16BrN3O. The molecule has 0 atom stereocenters. The van der Waals surface area contributed by atoms with Gasteiger partial charge in [-0.3, -0.25) is 4.79 Å². The van der Waals surface area contributed by atoms with Crippen LogP contribution in [-0.4, -0.2) is 17.4 Å². The summed E-state index contributed by atoms with van der Waals surface area (Å²) in [7, 11) is 0. The molecule has 1 heterocycles. The number of pyridine rings is 1. The number of aromatic nitrogens is 1. The molecule has 0 radical (unpaired) electrons. The average Bonchev–Trinajstić information content (AvgIpc) is 2.47. The van der Waals surface area contributed by atoms with Crippen molar-refractivity contribution in [3.63, 3.8) is 0 Å². The summed E-state index contributed by atoms with van der Waals surface area (Å²) in [6, 6.07) is 11.4. The number of hydrogen-bond donors (Lipinski definition) is 2. The third-order valence-electron chi connectivity index (χ3n) is 2.74. The molecule has 5 heteroatoms. The Kier molecular flexibility index (Phi) is 5.12. The van der Waals surface area contributed by atoms with Gasteiger partial charge in [-0.15, -0.1) is 0 Å². The first-order valence-electron chi connectivity index (χ1n) is 6.42. The number of benzene rings is 1. The van der Waals surface area contributed by atoms with E-state index in [2.05, 4.69) is 31.5 Å². The highest BCUT2D eigenvalue weighted by molar-refractivity contribution is 9.10. The number of rotatable bonds is 5. The standard InChI is InChI=1S/C15H16BrN3O/c1-2-17-15(20)12-6-3-5-11(9-12)10-19-14-13(16)7-4-8-18-14/h3-9H,2,10H2,1H3,(H,17,20)(H,18,19). The fourth-order valence-electron chi connectivity index (χ4n) is 1.79. The van der Waals surface area contributed by atoms with Crippen LogP contribution in [0.5, 0.6) is 0 Å². The number of carbonyl (C=O) groups is 1. The van der Waals surface area contributed by atoms with Crippen molar-refractivity contribution in [1.82, 2.24) is 10.3 Å². The molecule has 0 aliphatic heterocycles. The molecule has 0 aliphatic rings. The Morgan fingerprint density at radius 3 is 2.90 bits per heavy atom.